The Morgan fingerprint density at radius 2 is 2.09 bits per heavy atom. The molecule has 0 saturated carbocycles. The van der Waals surface area contributed by atoms with Gasteiger partial charge in [0.25, 0.3) is 0 Å². The molecule has 0 aromatic carbocycles. The highest BCUT2D eigenvalue weighted by Gasteiger charge is 2.35. The van der Waals surface area contributed by atoms with Crippen LogP contribution < -0.4 is 0 Å². The summed E-state index contributed by atoms with van der Waals surface area (Å²) >= 11 is 0. The van der Waals surface area contributed by atoms with E-state index in [1.54, 1.807) is 29.4 Å². The van der Waals surface area contributed by atoms with E-state index >= 15 is 0 Å². The molecule has 2 aromatic heterocycles. The van der Waals surface area contributed by atoms with Gasteiger partial charge >= 0.3 is 6.09 Å². The third kappa shape index (κ3) is 3.49. The summed E-state index contributed by atoms with van der Waals surface area (Å²) < 4.78 is 10.9. The van der Waals surface area contributed by atoms with Crippen LogP contribution in [0.5, 0.6) is 0 Å². The number of hydrogen-bond donors (Lipinski definition) is 0. The molecule has 0 radical (unpaired) electrons. The Labute approximate surface area is 134 Å². The van der Waals surface area contributed by atoms with Crippen molar-refractivity contribution in [3.05, 3.63) is 30.3 Å². The van der Waals surface area contributed by atoms with Gasteiger partial charge in [0.2, 0.25) is 0 Å². The lowest BCUT2D eigenvalue weighted by atomic mass is 10.1. The zero-order valence-electron chi connectivity index (χ0n) is 13.5. The summed E-state index contributed by atoms with van der Waals surface area (Å²) in [4.78, 5) is 22.3. The van der Waals surface area contributed by atoms with Gasteiger partial charge in [0, 0.05) is 25.0 Å². The Kier molecular flexibility index (Phi) is 4.02. The van der Waals surface area contributed by atoms with Crippen molar-refractivity contribution in [3.8, 4) is 11.5 Å². The maximum absolute atomic E-state index is 12.3. The van der Waals surface area contributed by atoms with Crippen LogP contribution in [0.1, 0.15) is 45.4 Å². The van der Waals surface area contributed by atoms with Crippen LogP contribution in [0.4, 0.5) is 4.79 Å². The molecule has 1 aliphatic heterocycles. The number of rotatable bonds is 2. The van der Waals surface area contributed by atoms with Crippen LogP contribution in [0.3, 0.4) is 0 Å². The fourth-order valence-corrected chi connectivity index (χ4v) is 2.58. The lowest BCUT2D eigenvalue weighted by molar-refractivity contribution is 0.0204. The van der Waals surface area contributed by atoms with Crippen molar-refractivity contribution in [2.45, 2.75) is 45.3 Å². The molecule has 122 valence electrons. The fourth-order valence-electron chi connectivity index (χ4n) is 2.58. The van der Waals surface area contributed by atoms with Gasteiger partial charge < -0.3 is 9.26 Å². The van der Waals surface area contributed by atoms with E-state index in [9.17, 15) is 4.79 Å². The Morgan fingerprint density at radius 1 is 1.35 bits per heavy atom. The van der Waals surface area contributed by atoms with Crippen LogP contribution in [-0.4, -0.2) is 38.3 Å². The zero-order valence-corrected chi connectivity index (χ0v) is 13.5. The van der Waals surface area contributed by atoms with E-state index in [1.807, 2.05) is 20.8 Å². The summed E-state index contributed by atoms with van der Waals surface area (Å²) in [6.07, 6.45) is 4.71. The maximum Gasteiger partial charge on any atom is 0.410 e. The molecule has 1 amide bonds. The minimum absolute atomic E-state index is 0.158. The number of likely N-dealkylation sites (tertiary alicyclic amines) is 1. The van der Waals surface area contributed by atoms with Crippen LogP contribution in [-0.2, 0) is 4.74 Å². The van der Waals surface area contributed by atoms with E-state index in [0.29, 0.717) is 23.8 Å². The molecule has 1 fully saturated rings. The van der Waals surface area contributed by atoms with E-state index in [1.165, 1.54) is 0 Å². The summed E-state index contributed by atoms with van der Waals surface area (Å²) in [5, 5.41) is 4.02. The third-order valence-corrected chi connectivity index (χ3v) is 3.53. The summed E-state index contributed by atoms with van der Waals surface area (Å²) in [5.74, 6) is 1.14. The van der Waals surface area contributed by atoms with Crippen molar-refractivity contribution in [3.63, 3.8) is 0 Å². The molecule has 1 atom stereocenters. The standard InChI is InChI=1S/C16H20N4O3/c1-16(2,3)22-15(21)20-9-4-6-12(20)13-10-11(19-23-13)14-17-7-5-8-18-14/h5,7-8,10,12H,4,6,9H2,1-3H3. The third-order valence-electron chi connectivity index (χ3n) is 3.53. The minimum Gasteiger partial charge on any atom is -0.444 e. The van der Waals surface area contributed by atoms with Gasteiger partial charge in [-0.15, -0.1) is 0 Å². The van der Waals surface area contributed by atoms with Crippen molar-refractivity contribution >= 4 is 6.09 Å². The molecule has 1 aliphatic rings. The van der Waals surface area contributed by atoms with Crippen LogP contribution in [0, 0.1) is 0 Å². The van der Waals surface area contributed by atoms with E-state index in [2.05, 4.69) is 15.1 Å². The van der Waals surface area contributed by atoms with Crippen LogP contribution in [0.15, 0.2) is 29.0 Å². The highest BCUT2D eigenvalue weighted by Crippen LogP contribution is 2.34. The van der Waals surface area contributed by atoms with E-state index in [4.69, 9.17) is 9.26 Å². The smallest absolute Gasteiger partial charge is 0.410 e. The second-order valence-corrected chi connectivity index (χ2v) is 6.52. The van der Waals surface area contributed by atoms with Crippen LogP contribution in [0.25, 0.3) is 11.5 Å². The average Bonchev–Trinajstić information content (AvgIpc) is 3.15. The molecule has 1 unspecified atom stereocenters. The molecule has 7 nitrogen and oxygen atoms in total. The normalized spacial score (nSPS) is 18.2. The summed E-state index contributed by atoms with van der Waals surface area (Å²) in [5.41, 5.74) is 0.0472. The Bertz CT molecular complexity index is 678. The first kappa shape index (κ1) is 15.5. The van der Waals surface area contributed by atoms with Crippen molar-refractivity contribution in [1.29, 1.82) is 0 Å². The van der Waals surface area contributed by atoms with Crippen molar-refractivity contribution in [2.75, 3.05) is 6.54 Å². The number of carbonyl (C=O) groups is 1. The lowest BCUT2D eigenvalue weighted by Gasteiger charge is -2.27. The summed E-state index contributed by atoms with van der Waals surface area (Å²) in [6, 6.07) is 3.38. The Hall–Kier alpha value is -2.44. The molecule has 0 spiro atoms. The van der Waals surface area contributed by atoms with Gasteiger partial charge in [-0.3, -0.25) is 4.90 Å². The van der Waals surface area contributed by atoms with E-state index < -0.39 is 5.60 Å². The Balaban J connectivity index is 1.78. The number of ether oxygens (including phenoxy) is 1. The number of carbonyl (C=O) groups excluding carboxylic acids is 1. The monoisotopic (exact) mass is 316 g/mol. The minimum atomic E-state index is -0.519. The lowest BCUT2D eigenvalue weighted by Crippen LogP contribution is -2.36. The molecule has 23 heavy (non-hydrogen) atoms. The fraction of sp³-hybridized carbons (Fsp3) is 0.500. The molecule has 0 aliphatic carbocycles. The van der Waals surface area contributed by atoms with Gasteiger partial charge in [0.05, 0.1) is 6.04 Å². The molecule has 0 bridgehead atoms. The van der Waals surface area contributed by atoms with Crippen LogP contribution >= 0.6 is 0 Å². The highest BCUT2D eigenvalue weighted by atomic mass is 16.6. The Morgan fingerprint density at radius 3 is 2.78 bits per heavy atom. The highest BCUT2D eigenvalue weighted by molar-refractivity contribution is 5.69. The first-order valence-corrected chi connectivity index (χ1v) is 7.68. The molecule has 2 aromatic rings. The second kappa shape index (κ2) is 5.98. The number of aromatic nitrogens is 3. The van der Waals surface area contributed by atoms with Crippen molar-refractivity contribution < 1.29 is 14.1 Å². The van der Waals surface area contributed by atoms with Gasteiger partial charge in [-0.25, -0.2) is 14.8 Å². The largest absolute Gasteiger partial charge is 0.444 e. The first-order valence-electron chi connectivity index (χ1n) is 7.68. The predicted octanol–water partition coefficient (Wildman–Crippen LogP) is 3.20. The first-order chi connectivity index (χ1) is 10.9. The van der Waals surface area contributed by atoms with Crippen molar-refractivity contribution in [2.24, 2.45) is 0 Å². The van der Waals surface area contributed by atoms with Crippen LogP contribution in [0.2, 0.25) is 0 Å². The molecule has 1 saturated heterocycles. The number of nitrogens with zero attached hydrogens (tertiary/aromatic N) is 4. The molecule has 3 heterocycles. The van der Waals surface area contributed by atoms with E-state index in [0.717, 1.165) is 12.8 Å². The van der Waals surface area contributed by atoms with E-state index in [-0.39, 0.29) is 12.1 Å². The van der Waals surface area contributed by atoms with Crippen molar-refractivity contribution in [1.82, 2.24) is 20.0 Å². The topological polar surface area (TPSA) is 81.4 Å². The second-order valence-electron chi connectivity index (χ2n) is 6.52. The van der Waals surface area contributed by atoms with Gasteiger partial charge in [-0.1, -0.05) is 5.16 Å². The maximum atomic E-state index is 12.3. The summed E-state index contributed by atoms with van der Waals surface area (Å²) in [6.45, 7) is 6.22. The molecular weight excluding hydrogens is 296 g/mol. The van der Waals surface area contributed by atoms with Gasteiger partial charge in [-0.2, -0.15) is 0 Å². The average molecular weight is 316 g/mol. The van der Waals surface area contributed by atoms with Gasteiger partial charge in [0.1, 0.15) is 5.60 Å². The molecule has 3 rings (SSSR count). The SMILES string of the molecule is CC(C)(C)OC(=O)N1CCCC1c1cc(-c2ncccn2)no1. The molecule has 0 N–H and O–H groups in total. The van der Waals surface area contributed by atoms with Gasteiger partial charge in [-0.05, 0) is 39.7 Å². The summed E-state index contributed by atoms with van der Waals surface area (Å²) in [7, 11) is 0. The number of amides is 1. The van der Waals surface area contributed by atoms with Gasteiger partial charge in [0.15, 0.2) is 17.3 Å². The molecular formula is C16H20N4O3. The number of hydrogen-bond acceptors (Lipinski definition) is 6. The zero-order chi connectivity index (χ0) is 16.4. The quantitative estimate of drug-likeness (QED) is 0.846. The molecule has 7 heteroatoms. The predicted molar refractivity (Wildman–Crippen MR) is 82.4 cm³/mol.